The standard InChI is InChI=1S/C11H7F2NO5S/c12-6-3-4-7(10(13)9(6)11(15)16)14-20(17,18)8-2-1-5-19-8/h1-5,14H,(H,15,16). The van der Waals surface area contributed by atoms with Crippen LogP contribution in [0, 0.1) is 11.6 Å². The quantitative estimate of drug-likeness (QED) is 0.901. The lowest BCUT2D eigenvalue weighted by molar-refractivity contribution is 0.0686. The number of halogens is 2. The van der Waals surface area contributed by atoms with Gasteiger partial charge in [-0.1, -0.05) is 0 Å². The van der Waals surface area contributed by atoms with Gasteiger partial charge in [0.15, 0.2) is 5.82 Å². The van der Waals surface area contributed by atoms with Crippen molar-refractivity contribution in [3.63, 3.8) is 0 Å². The summed E-state index contributed by atoms with van der Waals surface area (Å²) >= 11 is 0. The molecule has 20 heavy (non-hydrogen) atoms. The third kappa shape index (κ3) is 2.48. The van der Waals surface area contributed by atoms with Crippen LogP contribution in [0.25, 0.3) is 0 Å². The predicted molar refractivity (Wildman–Crippen MR) is 62.8 cm³/mol. The number of carbonyl (C=O) groups is 1. The largest absolute Gasteiger partial charge is 0.477 e. The zero-order valence-corrected chi connectivity index (χ0v) is 10.4. The number of sulfonamides is 1. The fraction of sp³-hybridized carbons (Fsp3) is 0. The number of aromatic carboxylic acids is 1. The predicted octanol–water partition coefficient (Wildman–Crippen LogP) is 2.06. The fourth-order valence-electron chi connectivity index (χ4n) is 1.44. The van der Waals surface area contributed by atoms with Crippen LogP contribution >= 0.6 is 0 Å². The second kappa shape index (κ2) is 4.93. The highest BCUT2D eigenvalue weighted by atomic mass is 32.2. The molecule has 9 heteroatoms. The van der Waals surface area contributed by atoms with Gasteiger partial charge in [0.1, 0.15) is 11.4 Å². The van der Waals surface area contributed by atoms with Gasteiger partial charge in [-0.3, -0.25) is 4.72 Å². The Bertz CT molecular complexity index is 755. The first-order valence-electron chi connectivity index (χ1n) is 5.10. The lowest BCUT2D eigenvalue weighted by Gasteiger charge is -2.09. The lowest BCUT2D eigenvalue weighted by Crippen LogP contribution is -2.15. The van der Waals surface area contributed by atoms with Gasteiger partial charge in [0.2, 0.25) is 5.09 Å². The second-order valence-electron chi connectivity index (χ2n) is 3.63. The summed E-state index contributed by atoms with van der Waals surface area (Å²) in [5.41, 5.74) is -1.94. The van der Waals surface area contributed by atoms with Crippen LogP contribution in [0.2, 0.25) is 0 Å². The van der Waals surface area contributed by atoms with E-state index in [1.807, 2.05) is 0 Å². The summed E-state index contributed by atoms with van der Waals surface area (Å²) in [4.78, 5) is 10.7. The molecule has 0 aliphatic carbocycles. The molecule has 6 nitrogen and oxygen atoms in total. The maximum atomic E-state index is 13.8. The normalized spacial score (nSPS) is 11.3. The average molecular weight is 303 g/mol. The Labute approximate surface area is 111 Å². The summed E-state index contributed by atoms with van der Waals surface area (Å²) in [5.74, 6) is -4.68. The van der Waals surface area contributed by atoms with Crippen LogP contribution in [0.5, 0.6) is 0 Å². The van der Waals surface area contributed by atoms with Crippen LogP contribution in [-0.4, -0.2) is 19.5 Å². The van der Waals surface area contributed by atoms with E-state index in [4.69, 9.17) is 5.11 Å². The number of carboxylic acids is 1. The van der Waals surface area contributed by atoms with Crippen molar-refractivity contribution in [2.75, 3.05) is 4.72 Å². The monoisotopic (exact) mass is 303 g/mol. The minimum atomic E-state index is -4.22. The Balaban J connectivity index is 2.46. The van der Waals surface area contributed by atoms with E-state index < -0.39 is 44.0 Å². The molecule has 1 aromatic carbocycles. The number of rotatable bonds is 4. The van der Waals surface area contributed by atoms with Crippen molar-refractivity contribution < 1.29 is 31.5 Å². The van der Waals surface area contributed by atoms with Crippen LogP contribution in [0.1, 0.15) is 10.4 Å². The van der Waals surface area contributed by atoms with Gasteiger partial charge < -0.3 is 9.52 Å². The first kappa shape index (κ1) is 14.0. The fourth-order valence-corrected chi connectivity index (χ4v) is 2.43. The minimum Gasteiger partial charge on any atom is -0.477 e. The van der Waals surface area contributed by atoms with Gasteiger partial charge in [0.25, 0.3) is 10.0 Å². The summed E-state index contributed by atoms with van der Waals surface area (Å²) in [5, 5.41) is 8.19. The Morgan fingerprint density at radius 1 is 1.25 bits per heavy atom. The number of nitrogens with one attached hydrogen (secondary N) is 1. The first-order valence-corrected chi connectivity index (χ1v) is 6.59. The number of carboxylic acid groups (broad SMARTS) is 1. The van der Waals surface area contributed by atoms with Gasteiger partial charge >= 0.3 is 5.97 Å². The first-order chi connectivity index (χ1) is 9.33. The minimum absolute atomic E-state index is 0.488. The highest BCUT2D eigenvalue weighted by molar-refractivity contribution is 7.92. The molecule has 106 valence electrons. The van der Waals surface area contributed by atoms with E-state index in [0.29, 0.717) is 6.07 Å². The van der Waals surface area contributed by atoms with Gasteiger partial charge in [0, 0.05) is 0 Å². The number of hydrogen-bond donors (Lipinski definition) is 2. The molecule has 0 fully saturated rings. The Morgan fingerprint density at radius 2 is 1.95 bits per heavy atom. The average Bonchev–Trinajstić information content (AvgIpc) is 2.87. The highest BCUT2D eigenvalue weighted by Gasteiger charge is 2.24. The molecule has 0 atom stereocenters. The van der Waals surface area contributed by atoms with E-state index in [-0.39, 0.29) is 0 Å². The summed E-state index contributed by atoms with van der Waals surface area (Å²) in [7, 11) is -4.22. The van der Waals surface area contributed by atoms with E-state index in [2.05, 4.69) is 4.42 Å². The zero-order valence-electron chi connectivity index (χ0n) is 9.63. The van der Waals surface area contributed by atoms with Crippen LogP contribution in [-0.2, 0) is 10.0 Å². The number of anilines is 1. The molecule has 0 aliphatic heterocycles. The van der Waals surface area contributed by atoms with E-state index in [1.165, 1.54) is 6.07 Å². The van der Waals surface area contributed by atoms with E-state index >= 15 is 0 Å². The molecule has 0 saturated heterocycles. The number of benzene rings is 1. The third-order valence-corrected chi connectivity index (χ3v) is 3.56. The SMILES string of the molecule is O=C(O)c1c(F)ccc(NS(=O)(=O)c2ccco2)c1F. The Hall–Kier alpha value is -2.42. The van der Waals surface area contributed by atoms with Crippen molar-refractivity contribution in [1.82, 2.24) is 0 Å². The zero-order chi connectivity index (χ0) is 14.9. The van der Waals surface area contributed by atoms with Gasteiger partial charge in [-0.2, -0.15) is 8.42 Å². The summed E-state index contributed by atoms with van der Waals surface area (Å²) < 4.78 is 56.9. The maximum Gasteiger partial charge on any atom is 0.341 e. The molecular weight excluding hydrogens is 296 g/mol. The van der Waals surface area contributed by atoms with Crippen LogP contribution in [0.15, 0.2) is 40.0 Å². The molecule has 0 saturated carbocycles. The molecule has 0 radical (unpaired) electrons. The number of hydrogen-bond acceptors (Lipinski definition) is 4. The van der Waals surface area contributed by atoms with Crippen molar-refractivity contribution in [2.24, 2.45) is 0 Å². The molecule has 0 aliphatic rings. The highest BCUT2D eigenvalue weighted by Crippen LogP contribution is 2.24. The molecule has 1 heterocycles. The summed E-state index contributed by atoms with van der Waals surface area (Å²) in [6.45, 7) is 0. The van der Waals surface area contributed by atoms with Gasteiger partial charge in [-0.15, -0.1) is 0 Å². The number of furan rings is 1. The summed E-state index contributed by atoms with van der Waals surface area (Å²) in [6.07, 6.45) is 1.10. The van der Waals surface area contributed by atoms with E-state index in [9.17, 15) is 22.0 Å². The molecule has 2 aromatic rings. The smallest absolute Gasteiger partial charge is 0.341 e. The van der Waals surface area contributed by atoms with E-state index in [1.54, 1.807) is 4.72 Å². The summed E-state index contributed by atoms with van der Waals surface area (Å²) in [6, 6.07) is 3.84. The van der Waals surface area contributed by atoms with Gasteiger partial charge in [0.05, 0.1) is 12.0 Å². The van der Waals surface area contributed by atoms with Crippen molar-refractivity contribution in [3.8, 4) is 0 Å². The Kier molecular flexibility index (Phi) is 3.45. The van der Waals surface area contributed by atoms with Gasteiger partial charge in [-0.25, -0.2) is 13.6 Å². The third-order valence-electron chi connectivity index (χ3n) is 2.31. The van der Waals surface area contributed by atoms with Crippen molar-refractivity contribution in [1.29, 1.82) is 0 Å². The van der Waals surface area contributed by atoms with Crippen LogP contribution in [0.3, 0.4) is 0 Å². The van der Waals surface area contributed by atoms with Crippen LogP contribution in [0.4, 0.5) is 14.5 Å². The maximum absolute atomic E-state index is 13.8. The van der Waals surface area contributed by atoms with Crippen molar-refractivity contribution in [2.45, 2.75) is 5.09 Å². The molecule has 2 rings (SSSR count). The molecule has 0 spiro atoms. The topological polar surface area (TPSA) is 96.6 Å². The molecule has 0 unspecified atom stereocenters. The van der Waals surface area contributed by atoms with E-state index in [0.717, 1.165) is 18.4 Å². The molecule has 0 amide bonds. The molecule has 1 aromatic heterocycles. The Morgan fingerprint density at radius 3 is 2.50 bits per heavy atom. The lowest BCUT2D eigenvalue weighted by atomic mass is 10.2. The van der Waals surface area contributed by atoms with Crippen molar-refractivity contribution >= 4 is 21.7 Å². The second-order valence-corrected chi connectivity index (χ2v) is 5.24. The van der Waals surface area contributed by atoms with Gasteiger partial charge in [-0.05, 0) is 24.3 Å². The molecule has 2 N–H and O–H groups in total. The van der Waals surface area contributed by atoms with Crippen molar-refractivity contribution in [3.05, 3.63) is 47.7 Å². The molecular formula is C11H7F2NO5S. The van der Waals surface area contributed by atoms with Crippen LogP contribution < -0.4 is 4.72 Å². The molecule has 0 bridgehead atoms.